The van der Waals surface area contributed by atoms with E-state index >= 15 is 0 Å². The highest BCUT2D eigenvalue weighted by atomic mass is 16.7. The van der Waals surface area contributed by atoms with E-state index in [2.05, 4.69) is 19.2 Å². The van der Waals surface area contributed by atoms with Crippen molar-refractivity contribution in [2.75, 3.05) is 13.2 Å². The maximum absolute atomic E-state index is 13.1. The Bertz CT molecular complexity index is 1300. The first-order valence-corrected chi connectivity index (χ1v) is 36.9. The Morgan fingerprint density at radius 1 is 0.402 bits per heavy atom. The van der Waals surface area contributed by atoms with Crippen LogP contribution in [-0.2, 0) is 14.3 Å². The fourth-order valence-corrected chi connectivity index (χ4v) is 12.3. The number of amides is 1. The highest BCUT2D eigenvalue weighted by Gasteiger charge is 2.44. The van der Waals surface area contributed by atoms with Crippen molar-refractivity contribution in [1.82, 2.24) is 5.32 Å². The number of carbonyl (C=O) groups excluding carboxylic acids is 1. The largest absolute Gasteiger partial charge is 0.394 e. The molecule has 0 bridgehead atoms. The van der Waals surface area contributed by atoms with Crippen LogP contribution in [0, 0.1) is 0 Å². The topological polar surface area (TPSA) is 149 Å². The molecule has 1 heterocycles. The smallest absolute Gasteiger partial charge is 0.220 e. The summed E-state index contributed by atoms with van der Waals surface area (Å²) in [5, 5.41) is 54.8. The average molecular weight is 1160 g/mol. The minimum atomic E-state index is -1.56. The van der Waals surface area contributed by atoms with Gasteiger partial charge in [-0.25, -0.2) is 0 Å². The Morgan fingerprint density at radius 3 is 0.951 bits per heavy atom. The monoisotopic (exact) mass is 1160 g/mol. The zero-order valence-electron chi connectivity index (χ0n) is 54.8. The highest BCUT2D eigenvalue weighted by molar-refractivity contribution is 5.76. The van der Waals surface area contributed by atoms with E-state index in [0.29, 0.717) is 6.42 Å². The molecule has 0 saturated carbocycles. The summed E-state index contributed by atoms with van der Waals surface area (Å²) in [7, 11) is 0. The van der Waals surface area contributed by atoms with Crippen LogP contribution >= 0.6 is 0 Å². The third kappa shape index (κ3) is 51.0. The normalized spacial score (nSPS) is 18.3. The van der Waals surface area contributed by atoms with Crippen LogP contribution in [0.25, 0.3) is 0 Å². The zero-order valence-corrected chi connectivity index (χ0v) is 54.8. The molecule has 0 aromatic heterocycles. The lowest BCUT2D eigenvalue weighted by atomic mass is 9.99. The van der Waals surface area contributed by atoms with Gasteiger partial charge in [0.2, 0.25) is 5.91 Å². The number of carbonyl (C=O) groups is 1. The molecule has 0 radical (unpaired) electrons. The average Bonchev–Trinajstić information content (AvgIpc) is 3.57. The van der Waals surface area contributed by atoms with E-state index in [1.807, 2.05) is 6.08 Å². The molecule has 9 nitrogen and oxygen atoms in total. The molecule has 1 aliphatic rings. The molecule has 7 unspecified atom stereocenters. The lowest BCUT2D eigenvalue weighted by Crippen LogP contribution is -2.60. The standard InChI is InChI=1S/C73H143NO8/c1-3-5-7-9-11-13-15-17-19-21-23-25-27-29-31-33-35-37-39-41-43-45-47-49-51-53-55-57-59-61-63-69(77)74-66(65-81-73-72(80)71(79)70(78)68(64-75)82-73)67(76)62-60-58-56-54-52-50-48-46-44-42-40-38-36-34-32-30-28-26-24-22-20-18-16-14-12-10-8-6-4-2/h60,62,66-68,70-73,75-76,78-80H,3-59,61,63-65H2,1-2H3,(H,74,77)/b62-60+. The Hall–Kier alpha value is -1.07. The van der Waals surface area contributed by atoms with E-state index in [9.17, 15) is 30.3 Å². The fourth-order valence-electron chi connectivity index (χ4n) is 12.3. The Labute approximate surface area is 509 Å². The molecule has 7 atom stereocenters. The first kappa shape index (κ1) is 78.9. The number of nitrogens with one attached hydrogen (secondary N) is 1. The van der Waals surface area contributed by atoms with Gasteiger partial charge in [0, 0.05) is 6.42 Å². The van der Waals surface area contributed by atoms with Crippen molar-refractivity contribution in [3.8, 4) is 0 Å². The molecule has 6 N–H and O–H groups in total. The van der Waals surface area contributed by atoms with Crippen LogP contribution in [0.1, 0.15) is 393 Å². The summed E-state index contributed by atoms with van der Waals surface area (Å²) in [5.41, 5.74) is 0. The number of aliphatic hydroxyl groups is 5. The van der Waals surface area contributed by atoms with Gasteiger partial charge < -0.3 is 40.3 Å². The van der Waals surface area contributed by atoms with Crippen LogP contribution in [0.3, 0.4) is 0 Å². The van der Waals surface area contributed by atoms with Gasteiger partial charge >= 0.3 is 0 Å². The van der Waals surface area contributed by atoms with Crippen molar-refractivity contribution >= 4 is 5.91 Å². The van der Waals surface area contributed by atoms with Crippen molar-refractivity contribution < 1.29 is 39.8 Å². The van der Waals surface area contributed by atoms with E-state index in [4.69, 9.17) is 9.47 Å². The molecule has 488 valence electrons. The summed E-state index contributed by atoms with van der Waals surface area (Å²) < 4.78 is 11.3. The second-order valence-corrected chi connectivity index (χ2v) is 26.1. The molecule has 0 aromatic carbocycles. The SMILES string of the molecule is CCCCCCCCCCCCCCCCCCCCCCCCCCCCC/C=C/C(O)C(COC1OC(CO)C(O)C(O)C1O)NC(=O)CCCCCCCCCCCCCCCCCCCCCCCCCCCCCCCC. The van der Waals surface area contributed by atoms with Gasteiger partial charge in [-0.2, -0.15) is 0 Å². The molecule has 82 heavy (non-hydrogen) atoms. The second-order valence-electron chi connectivity index (χ2n) is 26.1. The van der Waals surface area contributed by atoms with Gasteiger partial charge in [0.25, 0.3) is 0 Å². The summed E-state index contributed by atoms with van der Waals surface area (Å²) >= 11 is 0. The summed E-state index contributed by atoms with van der Waals surface area (Å²) in [6, 6.07) is -0.802. The number of ether oxygens (including phenoxy) is 2. The van der Waals surface area contributed by atoms with Gasteiger partial charge in [-0.05, 0) is 19.3 Å². The summed E-state index contributed by atoms with van der Waals surface area (Å²) in [4.78, 5) is 13.1. The summed E-state index contributed by atoms with van der Waals surface area (Å²) in [6.07, 6.45) is 74.8. The van der Waals surface area contributed by atoms with Crippen molar-refractivity contribution in [3.05, 3.63) is 12.2 Å². The van der Waals surface area contributed by atoms with E-state index in [-0.39, 0.29) is 12.5 Å². The van der Waals surface area contributed by atoms with Gasteiger partial charge in [0.15, 0.2) is 6.29 Å². The maximum atomic E-state index is 13.1. The number of rotatable bonds is 66. The molecule has 0 aliphatic carbocycles. The number of aliphatic hydroxyl groups excluding tert-OH is 5. The van der Waals surface area contributed by atoms with Crippen molar-refractivity contribution in [3.63, 3.8) is 0 Å². The van der Waals surface area contributed by atoms with Crippen LogP contribution < -0.4 is 5.32 Å². The Morgan fingerprint density at radius 2 is 0.671 bits per heavy atom. The molecule has 1 amide bonds. The minimum Gasteiger partial charge on any atom is -0.394 e. The van der Waals surface area contributed by atoms with Crippen molar-refractivity contribution in [1.29, 1.82) is 0 Å². The van der Waals surface area contributed by atoms with Crippen LogP contribution in [0.4, 0.5) is 0 Å². The maximum Gasteiger partial charge on any atom is 0.220 e. The van der Waals surface area contributed by atoms with Crippen LogP contribution in [0.2, 0.25) is 0 Å². The van der Waals surface area contributed by atoms with E-state index in [1.165, 1.54) is 334 Å². The number of hydrogen-bond donors (Lipinski definition) is 6. The van der Waals surface area contributed by atoms with Crippen molar-refractivity contribution in [2.45, 2.75) is 436 Å². The molecule has 1 fully saturated rings. The molecular weight excluding hydrogens is 1020 g/mol. The van der Waals surface area contributed by atoms with Gasteiger partial charge in [-0.1, -0.05) is 379 Å². The minimum absolute atomic E-state index is 0.166. The Balaban J connectivity index is 2.10. The second kappa shape index (κ2) is 63.0. The molecule has 1 saturated heterocycles. The Kier molecular flexibility index (Phi) is 60.6. The number of hydrogen-bond acceptors (Lipinski definition) is 8. The molecule has 0 aromatic rings. The number of unbranched alkanes of at least 4 members (excludes halogenated alkanes) is 56. The molecule has 1 aliphatic heterocycles. The zero-order chi connectivity index (χ0) is 59.3. The van der Waals surface area contributed by atoms with Gasteiger partial charge in [-0.3, -0.25) is 4.79 Å². The van der Waals surface area contributed by atoms with Crippen molar-refractivity contribution in [2.24, 2.45) is 0 Å². The fraction of sp³-hybridized carbons (Fsp3) is 0.959. The van der Waals surface area contributed by atoms with Gasteiger partial charge in [0.05, 0.1) is 25.4 Å². The molecule has 9 heteroatoms. The third-order valence-corrected chi connectivity index (χ3v) is 18.1. The molecule has 0 spiro atoms. The van der Waals surface area contributed by atoms with Gasteiger partial charge in [0.1, 0.15) is 24.4 Å². The summed E-state index contributed by atoms with van der Waals surface area (Å²) in [6.45, 7) is 3.85. The van der Waals surface area contributed by atoms with Gasteiger partial charge in [-0.15, -0.1) is 0 Å². The predicted molar refractivity (Wildman–Crippen MR) is 351 cm³/mol. The lowest BCUT2D eigenvalue weighted by Gasteiger charge is -2.40. The summed E-state index contributed by atoms with van der Waals surface area (Å²) in [5.74, 6) is -0.166. The highest BCUT2D eigenvalue weighted by Crippen LogP contribution is 2.24. The van der Waals surface area contributed by atoms with Crippen LogP contribution in [-0.4, -0.2) is 87.5 Å². The van der Waals surface area contributed by atoms with E-state index < -0.39 is 49.5 Å². The lowest BCUT2D eigenvalue weighted by molar-refractivity contribution is -0.302. The number of allylic oxidation sites excluding steroid dienone is 1. The third-order valence-electron chi connectivity index (χ3n) is 18.1. The van der Waals surface area contributed by atoms with Crippen LogP contribution in [0.15, 0.2) is 12.2 Å². The predicted octanol–water partition coefficient (Wildman–Crippen LogP) is 20.3. The first-order chi connectivity index (χ1) is 40.3. The van der Waals surface area contributed by atoms with E-state index in [0.717, 1.165) is 38.5 Å². The molecule has 1 rings (SSSR count). The first-order valence-electron chi connectivity index (χ1n) is 36.9. The molecular formula is C73H143NO8. The quantitative estimate of drug-likeness (QED) is 0.0261. The van der Waals surface area contributed by atoms with Crippen LogP contribution in [0.5, 0.6) is 0 Å². The van der Waals surface area contributed by atoms with E-state index in [1.54, 1.807) is 6.08 Å².